The SMILES string of the molecule is C=C/C=C\C(=C/C)C(C(=O)NCCCn1ccnc1)c1ccccc1. The molecule has 0 radical (unpaired) electrons. The van der Waals surface area contributed by atoms with E-state index in [9.17, 15) is 4.79 Å². The summed E-state index contributed by atoms with van der Waals surface area (Å²) >= 11 is 0. The number of nitrogens with one attached hydrogen (secondary N) is 1. The van der Waals surface area contributed by atoms with Gasteiger partial charge in [0.05, 0.1) is 12.2 Å². The highest BCUT2D eigenvalue weighted by atomic mass is 16.1. The number of carbonyl (C=O) groups excluding carboxylic acids is 1. The minimum atomic E-state index is -0.323. The van der Waals surface area contributed by atoms with Crippen molar-refractivity contribution in [2.24, 2.45) is 0 Å². The van der Waals surface area contributed by atoms with Crippen molar-refractivity contribution < 1.29 is 4.79 Å². The monoisotopic (exact) mass is 335 g/mol. The van der Waals surface area contributed by atoms with E-state index >= 15 is 0 Å². The lowest BCUT2D eigenvalue weighted by atomic mass is 9.89. The van der Waals surface area contributed by atoms with Gasteiger partial charge in [-0.15, -0.1) is 0 Å². The predicted molar refractivity (Wildman–Crippen MR) is 102 cm³/mol. The molecule has 1 N–H and O–H groups in total. The molecule has 4 nitrogen and oxygen atoms in total. The van der Waals surface area contributed by atoms with E-state index in [1.165, 1.54) is 0 Å². The molecule has 2 rings (SSSR count). The van der Waals surface area contributed by atoms with Crippen molar-refractivity contribution in [1.29, 1.82) is 0 Å². The molecular weight excluding hydrogens is 310 g/mol. The number of hydrogen-bond acceptors (Lipinski definition) is 2. The van der Waals surface area contributed by atoms with Gasteiger partial charge >= 0.3 is 0 Å². The lowest BCUT2D eigenvalue weighted by Gasteiger charge is -2.19. The van der Waals surface area contributed by atoms with Crippen LogP contribution >= 0.6 is 0 Å². The summed E-state index contributed by atoms with van der Waals surface area (Å²) in [5.74, 6) is -0.311. The van der Waals surface area contributed by atoms with Gasteiger partial charge in [-0.25, -0.2) is 4.98 Å². The van der Waals surface area contributed by atoms with Crippen LogP contribution in [-0.2, 0) is 11.3 Å². The number of carbonyl (C=O) groups is 1. The molecule has 0 aliphatic rings. The number of hydrogen-bond donors (Lipinski definition) is 1. The first kappa shape index (κ1) is 18.5. The zero-order valence-electron chi connectivity index (χ0n) is 14.6. The Morgan fingerprint density at radius 3 is 2.80 bits per heavy atom. The van der Waals surface area contributed by atoms with Crippen molar-refractivity contribution in [3.8, 4) is 0 Å². The number of amides is 1. The second kappa shape index (κ2) is 10.1. The molecule has 25 heavy (non-hydrogen) atoms. The third-order valence-electron chi connectivity index (χ3n) is 3.94. The first-order chi connectivity index (χ1) is 12.3. The molecule has 1 unspecified atom stereocenters. The number of allylic oxidation sites excluding steroid dienone is 4. The lowest BCUT2D eigenvalue weighted by molar-refractivity contribution is -0.121. The Balaban J connectivity index is 2.04. The molecule has 0 saturated heterocycles. The van der Waals surface area contributed by atoms with Crippen LogP contribution in [0.2, 0.25) is 0 Å². The van der Waals surface area contributed by atoms with E-state index in [2.05, 4.69) is 16.9 Å². The van der Waals surface area contributed by atoms with Crippen LogP contribution in [0.15, 0.2) is 85.5 Å². The summed E-state index contributed by atoms with van der Waals surface area (Å²) in [6, 6.07) is 9.85. The van der Waals surface area contributed by atoms with E-state index in [0.29, 0.717) is 6.54 Å². The van der Waals surface area contributed by atoms with E-state index in [-0.39, 0.29) is 11.8 Å². The summed E-state index contributed by atoms with van der Waals surface area (Å²) in [7, 11) is 0. The molecule has 1 amide bonds. The molecule has 4 heteroatoms. The number of benzene rings is 1. The Labute approximate surface area is 149 Å². The second-order valence-corrected chi connectivity index (χ2v) is 5.67. The molecule has 0 bridgehead atoms. The molecule has 0 aliphatic carbocycles. The molecule has 1 heterocycles. The van der Waals surface area contributed by atoms with Crippen LogP contribution in [0.3, 0.4) is 0 Å². The van der Waals surface area contributed by atoms with E-state index in [1.54, 1.807) is 18.6 Å². The van der Waals surface area contributed by atoms with Gasteiger partial charge in [0, 0.05) is 25.5 Å². The number of aryl methyl sites for hydroxylation is 1. The highest BCUT2D eigenvalue weighted by Gasteiger charge is 2.22. The number of aromatic nitrogens is 2. The highest BCUT2D eigenvalue weighted by Crippen LogP contribution is 2.25. The maximum absolute atomic E-state index is 12.8. The maximum Gasteiger partial charge on any atom is 0.231 e. The van der Waals surface area contributed by atoms with Gasteiger partial charge in [0.2, 0.25) is 5.91 Å². The molecule has 0 saturated carbocycles. The van der Waals surface area contributed by atoms with Crippen LogP contribution in [0, 0.1) is 0 Å². The summed E-state index contributed by atoms with van der Waals surface area (Å²) < 4.78 is 2.00. The quantitative estimate of drug-likeness (QED) is 0.559. The van der Waals surface area contributed by atoms with Crippen molar-refractivity contribution in [2.75, 3.05) is 6.54 Å². The zero-order valence-corrected chi connectivity index (χ0v) is 14.6. The lowest BCUT2D eigenvalue weighted by Crippen LogP contribution is -2.31. The highest BCUT2D eigenvalue weighted by molar-refractivity contribution is 5.87. The average molecular weight is 335 g/mol. The number of rotatable bonds is 9. The van der Waals surface area contributed by atoms with Crippen LogP contribution in [0.1, 0.15) is 24.8 Å². The summed E-state index contributed by atoms with van der Waals surface area (Å²) in [4.78, 5) is 16.9. The first-order valence-electron chi connectivity index (χ1n) is 8.50. The third-order valence-corrected chi connectivity index (χ3v) is 3.94. The van der Waals surface area contributed by atoms with Crippen molar-refractivity contribution in [1.82, 2.24) is 14.9 Å². The van der Waals surface area contributed by atoms with Gasteiger partial charge < -0.3 is 9.88 Å². The Morgan fingerprint density at radius 1 is 1.36 bits per heavy atom. The van der Waals surface area contributed by atoms with Gasteiger partial charge in [-0.3, -0.25) is 4.79 Å². The van der Waals surface area contributed by atoms with Crippen LogP contribution in [0.25, 0.3) is 0 Å². The van der Waals surface area contributed by atoms with Crippen molar-refractivity contribution in [3.05, 3.63) is 91.1 Å². The van der Waals surface area contributed by atoms with Crippen LogP contribution in [0.4, 0.5) is 0 Å². The third kappa shape index (κ3) is 5.60. The van der Waals surface area contributed by atoms with Gasteiger partial charge in [0.15, 0.2) is 0 Å². The van der Waals surface area contributed by atoms with Gasteiger partial charge in [-0.2, -0.15) is 0 Å². The minimum absolute atomic E-state index is 0.0126. The van der Waals surface area contributed by atoms with E-state index in [4.69, 9.17) is 0 Å². The minimum Gasteiger partial charge on any atom is -0.355 e. The number of imidazole rings is 1. The van der Waals surface area contributed by atoms with Crippen LogP contribution < -0.4 is 5.32 Å². The fraction of sp³-hybridized carbons (Fsp3) is 0.238. The van der Waals surface area contributed by atoms with Crippen molar-refractivity contribution in [2.45, 2.75) is 25.8 Å². The molecule has 0 spiro atoms. The average Bonchev–Trinajstić information content (AvgIpc) is 3.16. The summed E-state index contributed by atoms with van der Waals surface area (Å²) in [6.07, 6.45) is 13.8. The molecule has 1 aromatic heterocycles. The largest absolute Gasteiger partial charge is 0.355 e. The maximum atomic E-state index is 12.8. The summed E-state index contributed by atoms with van der Waals surface area (Å²) in [6.45, 7) is 7.12. The fourth-order valence-corrected chi connectivity index (χ4v) is 2.67. The summed E-state index contributed by atoms with van der Waals surface area (Å²) in [5.41, 5.74) is 1.94. The molecule has 2 aromatic rings. The van der Waals surface area contributed by atoms with E-state index < -0.39 is 0 Å². The van der Waals surface area contributed by atoms with Crippen molar-refractivity contribution in [3.63, 3.8) is 0 Å². The topological polar surface area (TPSA) is 46.9 Å². The Hall–Kier alpha value is -2.88. The van der Waals surface area contributed by atoms with E-state index in [0.717, 1.165) is 24.1 Å². The summed E-state index contributed by atoms with van der Waals surface area (Å²) in [5, 5.41) is 3.06. The Kier molecular flexibility index (Phi) is 7.44. The normalized spacial score (nSPS) is 12.9. The molecule has 1 aromatic carbocycles. The molecule has 0 aliphatic heterocycles. The van der Waals surface area contributed by atoms with Gasteiger partial charge in [0.25, 0.3) is 0 Å². The van der Waals surface area contributed by atoms with Crippen LogP contribution in [-0.4, -0.2) is 22.0 Å². The fourth-order valence-electron chi connectivity index (χ4n) is 2.67. The second-order valence-electron chi connectivity index (χ2n) is 5.67. The molecule has 0 fully saturated rings. The Morgan fingerprint density at radius 2 is 2.16 bits per heavy atom. The molecule has 1 atom stereocenters. The zero-order chi connectivity index (χ0) is 17.9. The smallest absolute Gasteiger partial charge is 0.231 e. The number of nitrogens with zero attached hydrogens (tertiary/aromatic N) is 2. The van der Waals surface area contributed by atoms with Gasteiger partial charge in [-0.1, -0.05) is 61.2 Å². The standard InChI is InChI=1S/C21H25N3O/c1-3-5-10-18(4-2)20(19-11-7-6-8-12-19)21(25)23-13-9-15-24-16-14-22-17-24/h3-8,10-12,14,16-17,20H,1,9,13,15H2,2H3,(H,23,25)/b10-5-,18-4+. The van der Waals surface area contributed by atoms with Gasteiger partial charge in [-0.05, 0) is 24.5 Å². The first-order valence-corrected chi connectivity index (χ1v) is 8.50. The predicted octanol–water partition coefficient (Wildman–Crippen LogP) is 3.86. The Bertz CT molecular complexity index is 715. The molecular formula is C21H25N3O. The van der Waals surface area contributed by atoms with Gasteiger partial charge in [0.1, 0.15) is 0 Å². The van der Waals surface area contributed by atoms with Crippen molar-refractivity contribution >= 4 is 5.91 Å². The van der Waals surface area contributed by atoms with Crippen LogP contribution in [0.5, 0.6) is 0 Å². The molecule has 130 valence electrons. The van der Waals surface area contributed by atoms with E-state index in [1.807, 2.05) is 66.2 Å².